The summed E-state index contributed by atoms with van der Waals surface area (Å²) in [5, 5.41) is 13.8. The first-order valence-electron chi connectivity index (χ1n) is 6.32. The topological polar surface area (TPSA) is 68.3 Å². The standard InChI is InChI=1S/C14H15FN2O3/c1-2-16-12(9-10-5-3-4-6-11(10)15)13-7-8-14(20-13)17(18)19/h3-8,12,16H,2,9H2,1H3. The Morgan fingerprint density at radius 1 is 1.35 bits per heavy atom. The second kappa shape index (κ2) is 6.29. The maximum absolute atomic E-state index is 13.7. The van der Waals surface area contributed by atoms with E-state index in [2.05, 4.69) is 5.32 Å². The van der Waals surface area contributed by atoms with Crippen LogP contribution in [0.1, 0.15) is 24.3 Å². The predicted molar refractivity (Wildman–Crippen MR) is 71.9 cm³/mol. The van der Waals surface area contributed by atoms with Crippen molar-refractivity contribution in [3.05, 3.63) is 63.7 Å². The Hall–Kier alpha value is -2.21. The van der Waals surface area contributed by atoms with Crippen LogP contribution in [-0.2, 0) is 6.42 Å². The van der Waals surface area contributed by atoms with Gasteiger partial charge in [0.15, 0.2) is 0 Å². The molecule has 1 N–H and O–H groups in total. The smallest absolute Gasteiger partial charge is 0.404 e. The van der Waals surface area contributed by atoms with E-state index in [-0.39, 0.29) is 17.7 Å². The van der Waals surface area contributed by atoms with Gasteiger partial charge in [-0.05, 0) is 30.7 Å². The molecule has 106 valence electrons. The van der Waals surface area contributed by atoms with E-state index in [1.807, 2.05) is 6.92 Å². The van der Waals surface area contributed by atoms with Crippen molar-refractivity contribution < 1.29 is 13.7 Å². The largest absolute Gasteiger partial charge is 0.433 e. The van der Waals surface area contributed by atoms with Crippen LogP contribution in [-0.4, -0.2) is 11.5 Å². The van der Waals surface area contributed by atoms with Gasteiger partial charge in [-0.1, -0.05) is 25.1 Å². The zero-order valence-electron chi connectivity index (χ0n) is 11.0. The average Bonchev–Trinajstić information content (AvgIpc) is 2.90. The highest BCUT2D eigenvalue weighted by Gasteiger charge is 2.20. The van der Waals surface area contributed by atoms with Gasteiger partial charge < -0.3 is 9.73 Å². The highest BCUT2D eigenvalue weighted by Crippen LogP contribution is 2.25. The van der Waals surface area contributed by atoms with Crippen LogP contribution in [0, 0.1) is 15.9 Å². The molecule has 0 amide bonds. The molecule has 1 unspecified atom stereocenters. The van der Waals surface area contributed by atoms with E-state index in [4.69, 9.17) is 4.42 Å². The van der Waals surface area contributed by atoms with Gasteiger partial charge in [0.2, 0.25) is 0 Å². The zero-order valence-corrected chi connectivity index (χ0v) is 11.0. The molecular formula is C14H15FN2O3. The van der Waals surface area contributed by atoms with Gasteiger partial charge >= 0.3 is 5.88 Å². The summed E-state index contributed by atoms with van der Waals surface area (Å²) in [5.74, 6) is -0.172. The second-order valence-corrected chi connectivity index (χ2v) is 4.34. The first-order valence-corrected chi connectivity index (χ1v) is 6.32. The number of hydrogen-bond donors (Lipinski definition) is 1. The first-order chi connectivity index (χ1) is 9.61. The van der Waals surface area contributed by atoms with Gasteiger partial charge in [-0.15, -0.1) is 0 Å². The lowest BCUT2D eigenvalue weighted by molar-refractivity contribution is -0.402. The Morgan fingerprint density at radius 3 is 2.70 bits per heavy atom. The normalized spacial score (nSPS) is 12.3. The molecule has 1 atom stereocenters. The molecule has 1 aromatic heterocycles. The summed E-state index contributed by atoms with van der Waals surface area (Å²) in [5.41, 5.74) is 0.539. The third-order valence-electron chi connectivity index (χ3n) is 2.97. The number of nitrogens with one attached hydrogen (secondary N) is 1. The summed E-state index contributed by atoms with van der Waals surface area (Å²) >= 11 is 0. The lowest BCUT2D eigenvalue weighted by Crippen LogP contribution is -2.22. The highest BCUT2D eigenvalue weighted by atomic mass is 19.1. The molecule has 2 aromatic rings. The molecule has 6 heteroatoms. The maximum Gasteiger partial charge on any atom is 0.433 e. The molecule has 5 nitrogen and oxygen atoms in total. The number of hydrogen-bond acceptors (Lipinski definition) is 4. The van der Waals surface area contributed by atoms with Crippen LogP contribution in [0.25, 0.3) is 0 Å². The van der Waals surface area contributed by atoms with Crippen LogP contribution >= 0.6 is 0 Å². The second-order valence-electron chi connectivity index (χ2n) is 4.34. The molecule has 0 fully saturated rings. The predicted octanol–water partition coefficient (Wildman–Crippen LogP) is 3.22. The van der Waals surface area contributed by atoms with Crippen molar-refractivity contribution in [2.45, 2.75) is 19.4 Å². The Balaban J connectivity index is 2.22. The number of nitrogens with zero attached hydrogens (tertiary/aromatic N) is 1. The van der Waals surface area contributed by atoms with Gasteiger partial charge in [-0.2, -0.15) is 0 Å². The number of rotatable bonds is 6. The van der Waals surface area contributed by atoms with Gasteiger partial charge in [0.1, 0.15) is 16.5 Å². The van der Waals surface area contributed by atoms with Crippen LogP contribution in [0.4, 0.5) is 10.3 Å². The number of benzene rings is 1. The molecule has 1 heterocycles. The summed E-state index contributed by atoms with van der Waals surface area (Å²) in [6.45, 7) is 2.55. The quantitative estimate of drug-likeness (QED) is 0.650. The van der Waals surface area contributed by atoms with Crippen LogP contribution in [0.2, 0.25) is 0 Å². The molecule has 0 bridgehead atoms. The van der Waals surface area contributed by atoms with Gasteiger partial charge in [0.05, 0.1) is 12.1 Å². The third-order valence-corrected chi connectivity index (χ3v) is 2.97. The Morgan fingerprint density at radius 2 is 2.10 bits per heavy atom. The molecule has 0 aliphatic heterocycles. The van der Waals surface area contributed by atoms with E-state index in [1.165, 1.54) is 12.1 Å². The van der Waals surface area contributed by atoms with Crippen molar-refractivity contribution in [3.8, 4) is 0 Å². The summed E-state index contributed by atoms with van der Waals surface area (Å²) in [4.78, 5) is 10.1. The molecule has 0 saturated carbocycles. The molecule has 0 aliphatic rings. The van der Waals surface area contributed by atoms with Crippen molar-refractivity contribution in [3.63, 3.8) is 0 Å². The highest BCUT2D eigenvalue weighted by molar-refractivity contribution is 5.24. The monoisotopic (exact) mass is 278 g/mol. The zero-order chi connectivity index (χ0) is 14.5. The summed E-state index contributed by atoms with van der Waals surface area (Å²) in [7, 11) is 0. The Bertz CT molecular complexity index is 598. The van der Waals surface area contributed by atoms with E-state index in [1.54, 1.807) is 24.3 Å². The maximum atomic E-state index is 13.7. The molecule has 0 aliphatic carbocycles. The van der Waals surface area contributed by atoms with Crippen LogP contribution in [0.3, 0.4) is 0 Å². The summed E-state index contributed by atoms with van der Waals surface area (Å²) in [6.07, 6.45) is 0.366. The third kappa shape index (κ3) is 3.21. The van der Waals surface area contributed by atoms with Gasteiger partial charge in [-0.25, -0.2) is 4.39 Å². The Labute approximate surface area is 115 Å². The van der Waals surface area contributed by atoms with E-state index in [0.717, 1.165) is 0 Å². The van der Waals surface area contributed by atoms with Crippen molar-refractivity contribution in [2.24, 2.45) is 0 Å². The lowest BCUT2D eigenvalue weighted by atomic mass is 10.0. The van der Waals surface area contributed by atoms with E-state index >= 15 is 0 Å². The van der Waals surface area contributed by atoms with Crippen LogP contribution < -0.4 is 5.32 Å². The van der Waals surface area contributed by atoms with Gasteiger partial charge in [-0.3, -0.25) is 10.1 Å². The fourth-order valence-corrected chi connectivity index (χ4v) is 2.03. The van der Waals surface area contributed by atoms with Crippen LogP contribution in [0.15, 0.2) is 40.8 Å². The number of furan rings is 1. The molecule has 0 radical (unpaired) electrons. The fraction of sp³-hybridized carbons (Fsp3) is 0.286. The lowest BCUT2D eigenvalue weighted by Gasteiger charge is -2.15. The Kier molecular flexibility index (Phi) is 4.47. The van der Waals surface area contributed by atoms with Gasteiger partial charge in [0, 0.05) is 0 Å². The average molecular weight is 278 g/mol. The van der Waals surface area contributed by atoms with Crippen molar-refractivity contribution in [1.29, 1.82) is 0 Å². The molecular weight excluding hydrogens is 263 g/mol. The fourth-order valence-electron chi connectivity index (χ4n) is 2.03. The number of halogens is 1. The molecule has 20 heavy (non-hydrogen) atoms. The van der Waals surface area contributed by atoms with Crippen molar-refractivity contribution in [1.82, 2.24) is 5.32 Å². The summed E-state index contributed by atoms with van der Waals surface area (Å²) in [6, 6.07) is 9.02. The van der Waals surface area contributed by atoms with E-state index < -0.39 is 4.92 Å². The van der Waals surface area contributed by atoms with E-state index in [9.17, 15) is 14.5 Å². The molecule has 0 spiro atoms. The minimum atomic E-state index is -0.588. The minimum absolute atomic E-state index is 0.295. The number of nitro groups is 1. The SMILES string of the molecule is CCNC(Cc1ccccc1F)c1ccc([N+](=O)[O-])o1. The van der Waals surface area contributed by atoms with Gasteiger partial charge in [0.25, 0.3) is 0 Å². The first kappa shape index (κ1) is 14.2. The van der Waals surface area contributed by atoms with E-state index in [0.29, 0.717) is 24.3 Å². The molecule has 2 rings (SSSR count). The van der Waals surface area contributed by atoms with Crippen molar-refractivity contribution >= 4 is 5.88 Å². The molecule has 1 aromatic carbocycles. The van der Waals surface area contributed by atoms with Crippen LogP contribution in [0.5, 0.6) is 0 Å². The molecule has 0 saturated heterocycles. The summed E-state index contributed by atoms with van der Waals surface area (Å²) < 4.78 is 18.9. The van der Waals surface area contributed by atoms with Crippen molar-refractivity contribution in [2.75, 3.05) is 6.54 Å². The number of likely N-dealkylation sites (N-methyl/N-ethyl adjacent to an activating group) is 1. The minimum Gasteiger partial charge on any atom is -0.404 e.